The minimum Gasteiger partial charge on any atom is -0.397 e. The second kappa shape index (κ2) is 2.84. The normalized spacial score (nSPS) is 18.7. The Labute approximate surface area is 65.0 Å². The van der Waals surface area contributed by atoms with Crippen molar-refractivity contribution in [3.8, 4) is 0 Å². The molecule has 0 saturated heterocycles. The van der Waals surface area contributed by atoms with Crippen molar-refractivity contribution in [2.24, 2.45) is 5.73 Å². The first-order chi connectivity index (χ1) is 4.72. The van der Waals surface area contributed by atoms with Gasteiger partial charge >= 0.3 is 0 Å². The predicted molar refractivity (Wildman–Crippen MR) is 45.9 cm³/mol. The number of nitrogens with two attached hydrogens (primary N) is 1. The van der Waals surface area contributed by atoms with Gasteiger partial charge in [-0.2, -0.15) is 0 Å². The molecule has 0 unspecified atom stereocenters. The maximum absolute atomic E-state index is 5.67. The highest BCUT2D eigenvalue weighted by Crippen LogP contribution is 2.15. The van der Waals surface area contributed by atoms with Crippen LogP contribution < -0.4 is 10.5 Å². The van der Waals surface area contributed by atoms with Crippen LogP contribution in [-0.2, 0) is 0 Å². The van der Waals surface area contributed by atoms with Gasteiger partial charge in [-0.3, -0.25) is 0 Å². The van der Waals surface area contributed by atoms with Gasteiger partial charge in [0.05, 0.1) is 5.70 Å². The third kappa shape index (κ3) is 1.36. The lowest BCUT2D eigenvalue weighted by Gasteiger charge is -2.03. The zero-order valence-corrected chi connectivity index (χ0v) is 6.66. The Balaban J connectivity index is 2.93. The molecule has 0 spiro atoms. The Morgan fingerprint density at radius 3 is 3.10 bits per heavy atom. The fourth-order valence-corrected chi connectivity index (χ4v) is 1.21. The SMILES string of the molecule is C=C1C=CSNC(C)=C1N. The van der Waals surface area contributed by atoms with Crippen LogP contribution in [0.4, 0.5) is 0 Å². The second-order valence-corrected chi connectivity index (χ2v) is 2.80. The number of hydrogen-bond donors (Lipinski definition) is 2. The summed E-state index contributed by atoms with van der Waals surface area (Å²) in [6.07, 6.45) is 1.89. The van der Waals surface area contributed by atoms with Gasteiger partial charge in [0.2, 0.25) is 0 Å². The van der Waals surface area contributed by atoms with E-state index < -0.39 is 0 Å². The van der Waals surface area contributed by atoms with Gasteiger partial charge in [-0.15, -0.1) is 0 Å². The molecule has 1 aliphatic heterocycles. The van der Waals surface area contributed by atoms with E-state index in [4.69, 9.17) is 5.73 Å². The highest BCUT2D eigenvalue weighted by Gasteiger charge is 2.01. The van der Waals surface area contributed by atoms with Crippen LogP contribution in [0.3, 0.4) is 0 Å². The van der Waals surface area contributed by atoms with Gasteiger partial charge in [0.1, 0.15) is 0 Å². The first-order valence-electron chi connectivity index (χ1n) is 2.95. The molecule has 0 aliphatic carbocycles. The summed E-state index contributed by atoms with van der Waals surface area (Å²) < 4.78 is 3.05. The molecule has 2 nitrogen and oxygen atoms in total. The van der Waals surface area contributed by atoms with Crippen LogP contribution in [0, 0.1) is 0 Å². The zero-order valence-electron chi connectivity index (χ0n) is 5.85. The molecule has 0 radical (unpaired) electrons. The van der Waals surface area contributed by atoms with Crippen LogP contribution >= 0.6 is 11.9 Å². The summed E-state index contributed by atoms with van der Waals surface area (Å²) in [6.45, 7) is 5.71. The molecule has 0 atom stereocenters. The van der Waals surface area contributed by atoms with Crippen LogP contribution in [0.2, 0.25) is 0 Å². The summed E-state index contributed by atoms with van der Waals surface area (Å²) in [5, 5.41) is 1.92. The quantitative estimate of drug-likeness (QED) is 0.519. The summed E-state index contributed by atoms with van der Waals surface area (Å²) in [5.41, 5.74) is 8.25. The van der Waals surface area contributed by atoms with Crippen molar-refractivity contribution in [2.45, 2.75) is 6.92 Å². The highest BCUT2D eigenvalue weighted by atomic mass is 32.2. The van der Waals surface area contributed by atoms with E-state index in [1.54, 1.807) is 0 Å². The van der Waals surface area contributed by atoms with E-state index in [2.05, 4.69) is 11.3 Å². The molecule has 0 bridgehead atoms. The maximum atomic E-state index is 5.67. The monoisotopic (exact) mass is 154 g/mol. The van der Waals surface area contributed by atoms with E-state index >= 15 is 0 Å². The first kappa shape index (κ1) is 7.28. The minimum absolute atomic E-state index is 0.737. The van der Waals surface area contributed by atoms with Gasteiger partial charge < -0.3 is 10.5 Å². The molecule has 1 rings (SSSR count). The van der Waals surface area contributed by atoms with Crippen molar-refractivity contribution in [1.82, 2.24) is 4.72 Å². The molecule has 3 heteroatoms. The summed E-state index contributed by atoms with van der Waals surface area (Å²) in [5.74, 6) is 0. The van der Waals surface area contributed by atoms with Crippen LogP contribution in [0.15, 0.2) is 35.0 Å². The molecular weight excluding hydrogens is 144 g/mol. The number of nitrogens with one attached hydrogen (secondary N) is 1. The van der Waals surface area contributed by atoms with Gasteiger partial charge in [0, 0.05) is 5.70 Å². The number of rotatable bonds is 0. The topological polar surface area (TPSA) is 38.0 Å². The van der Waals surface area contributed by atoms with Crippen LogP contribution in [0.1, 0.15) is 6.92 Å². The molecule has 0 aromatic rings. The van der Waals surface area contributed by atoms with Gasteiger partial charge in [-0.05, 0) is 35.9 Å². The van der Waals surface area contributed by atoms with Gasteiger partial charge in [-0.25, -0.2) is 0 Å². The fourth-order valence-electron chi connectivity index (χ4n) is 0.624. The van der Waals surface area contributed by atoms with E-state index in [9.17, 15) is 0 Å². The zero-order chi connectivity index (χ0) is 7.56. The van der Waals surface area contributed by atoms with E-state index in [-0.39, 0.29) is 0 Å². The third-order valence-corrected chi connectivity index (χ3v) is 2.00. The highest BCUT2D eigenvalue weighted by molar-refractivity contribution is 8.00. The molecule has 0 amide bonds. The largest absolute Gasteiger partial charge is 0.397 e. The van der Waals surface area contributed by atoms with Crippen LogP contribution in [0.25, 0.3) is 0 Å². The number of hydrogen-bond acceptors (Lipinski definition) is 3. The Hall–Kier alpha value is -0.830. The second-order valence-electron chi connectivity index (χ2n) is 2.09. The van der Waals surface area contributed by atoms with Crippen molar-refractivity contribution in [2.75, 3.05) is 0 Å². The molecule has 0 aromatic heterocycles. The Bertz CT molecular complexity index is 216. The van der Waals surface area contributed by atoms with Crippen molar-refractivity contribution >= 4 is 11.9 Å². The van der Waals surface area contributed by atoms with Crippen molar-refractivity contribution in [1.29, 1.82) is 0 Å². The third-order valence-electron chi connectivity index (χ3n) is 1.30. The molecule has 0 saturated carbocycles. The van der Waals surface area contributed by atoms with Crippen molar-refractivity contribution in [3.05, 3.63) is 35.0 Å². The lowest BCUT2D eigenvalue weighted by Crippen LogP contribution is -2.08. The average Bonchev–Trinajstić information content (AvgIpc) is 2.04. The van der Waals surface area contributed by atoms with Crippen molar-refractivity contribution in [3.63, 3.8) is 0 Å². The molecule has 0 fully saturated rings. The summed E-state index contributed by atoms with van der Waals surface area (Å²) in [4.78, 5) is 0. The summed E-state index contributed by atoms with van der Waals surface area (Å²) in [6, 6.07) is 0. The van der Waals surface area contributed by atoms with Gasteiger partial charge in [0.15, 0.2) is 0 Å². The van der Waals surface area contributed by atoms with E-state index in [0.717, 1.165) is 17.0 Å². The predicted octanol–water partition coefficient (Wildman–Crippen LogP) is 1.50. The van der Waals surface area contributed by atoms with E-state index in [1.807, 2.05) is 18.4 Å². The Morgan fingerprint density at radius 2 is 2.40 bits per heavy atom. The summed E-state index contributed by atoms with van der Waals surface area (Å²) >= 11 is 1.50. The molecule has 54 valence electrons. The smallest absolute Gasteiger partial charge is 0.0580 e. The number of allylic oxidation sites excluding steroid dienone is 2. The lowest BCUT2D eigenvalue weighted by atomic mass is 10.2. The molecule has 1 aliphatic rings. The molecular formula is C7H10N2S. The minimum atomic E-state index is 0.737. The molecule has 0 aromatic carbocycles. The maximum Gasteiger partial charge on any atom is 0.0580 e. The molecule has 10 heavy (non-hydrogen) atoms. The van der Waals surface area contributed by atoms with E-state index in [0.29, 0.717) is 0 Å². The van der Waals surface area contributed by atoms with E-state index in [1.165, 1.54) is 11.9 Å². The molecule has 1 heterocycles. The van der Waals surface area contributed by atoms with Gasteiger partial charge in [-0.1, -0.05) is 6.58 Å². The van der Waals surface area contributed by atoms with Crippen LogP contribution in [0.5, 0.6) is 0 Å². The lowest BCUT2D eigenvalue weighted by molar-refractivity contribution is 1.13. The van der Waals surface area contributed by atoms with Crippen LogP contribution in [-0.4, -0.2) is 0 Å². The van der Waals surface area contributed by atoms with Gasteiger partial charge in [0.25, 0.3) is 0 Å². The van der Waals surface area contributed by atoms with Crippen molar-refractivity contribution < 1.29 is 0 Å². The fraction of sp³-hybridized carbons (Fsp3) is 0.143. The Morgan fingerprint density at radius 1 is 1.70 bits per heavy atom. The average molecular weight is 154 g/mol. The summed E-state index contributed by atoms with van der Waals surface area (Å²) in [7, 11) is 0. The Kier molecular flexibility index (Phi) is 2.06. The first-order valence-corrected chi connectivity index (χ1v) is 3.83. The standard InChI is InChI=1S/C7H10N2S/c1-5-3-4-10-9-6(2)7(5)8/h3-4,9H,1,8H2,2H3. The molecule has 3 N–H and O–H groups in total.